The van der Waals surface area contributed by atoms with Gasteiger partial charge in [-0.15, -0.1) is 0 Å². The molecule has 94 valence electrons. The van der Waals surface area contributed by atoms with E-state index in [0.717, 1.165) is 5.56 Å². The summed E-state index contributed by atoms with van der Waals surface area (Å²) in [4.78, 5) is 13.8. The molecular weight excluding hydrogens is 230 g/mol. The van der Waals surface area contributed by atoms with Crippen molar-refractivity contribution in [2.24, 2.45) is 5.11 Å². The smallest absolute Gasteiger partial charge is 0.330 e. The maximum absolute atomic E-state index is 11.0. The second kappa shape index (κ2) is 7.14. The Balaban J connectivity index is 2.88. The van der Waals surface area contributed by atoms with Gasteiger partial charge >= 0.3 is 5.97 Å². The molecule has 5 nitrogen and oxygen atoms in total. The first kappa shape index (κ1) is 13.8. The summed E-state index contributed by atoms with van der Waals surface area (Å²) < 4.78 is 4.50. The van der Waals surface area contributed by atoms with Crippen LogP contribution in [0.2, 0.25) is 0 Å². The molecule has 0 radical (unpaired) electrons. The molecule has 0 aliphatic rings. The summed E-state index contributed by atoms with van der Waals surface area (Å²) in [7, 11) is 1.30. The van der Waals surface area contributed by atoms with Gasteiger partial charge in [-0.05, 0) is 17.0 Å². The van der Waals surface area contributed by atoms with Crippen LogP contribution in [0.15, 0.2) is 47.6 Å². The number of carbonyl (C=O) groups excluding carboxylic acids is 1. The van der Waals surface area contributed by atoms with E-state index >= 15 is 0 Å². The molecule has 0 saturated heterocycles. The van der Waals surface area contributed by atoms with Gasteiger partial charge in [0.15, 0.2) is 0 Å². The number of esters is 1. The lowest BCUT2D eigenvalue weighted by Crippen LogP contribution is -2.11. The highest BCUT2D eigenvalue weighted by molar-refractivity contribution is 5.81. The Labute approximate surface area is 106 Å². The van der Waals surface area contributed by atoms with Crippen LogP contribution in [-0.2, 0) is 9.53 Å². The number of carbonyl (C=O) groups is 1. The Morgan fingerprint density at radius 1 is 1.44 bits per heavy atom. The van der Waals surface area contributed by atoms with E-state index in [4.69, 9.17) is 5.53 Å². The molecule has 0 bridgehead atoms. The van der Waals surface area contributed by atoms with Crippen LogP contribution in [0.3, 0.4) is 0 Å². The van der Waals surface area contributed by atoms with Crippen LogP contribution in [-0.4, -0.2) is 19.1 Å². The van der Waals surface area contributed by atoms with E-state index in [1.165, 1.54) is 13.2 Å². The lowest BCUT2D eigenvalue weighted by molar-refractivity contribution is -0.134. The molecule has 0 unspecified atom stereocenters. The normalized spacial score (nSPS) is 13.7. The minimum atomic E-state index is -0.464. The van der Waals surface area contributed by atoms with Crippen molar-refractivity contribution in [3.8, 4) is 0 Å². The third kappa shape index (κ3) is 3.96. The number of nitrogens with zero attached hydrogens (tertiary/aromatic N) is 3. The van der Waals surface area contributed by atoms with Gasteiger partial charge in [-0.3, -0.25) is 0 Å². The highest BCUT2D eigenvalue weighted by Gasteiger charge is 2.15. The molecule has 0 aliphatic heterocycles. The van der Waals surface area contributed by atoms with Gasteiger partial charge in [-0.25, -0.2) is 4.79 Å². The average molecular weight is 245 g/mol. The van der Waals surface area contributed by atoms with Crippen molar-refractivity contribution in [3.63, 3.8) is 0 Å². The van der Waals surface area contributed by atoms with Crippen LogP contribution < -0.4 is 0 Å². The lowest BCUT2D eigenvalue weighted by atomic mass is 9.93. The fourth-order valence-corrected chi connectivity index (χ4v) is 1.56. The Morgan fingerprint density at radius 2 is 2.11 bits per heavy atom. The van der Waals surface area contributed by atoms with Crippen molar-refractivity contribution >= 4 is 5.97 Å². The third-order valence-corrected chi connectivity index (χ3v) is 2.65. The molecule has 1 aromatic rings. The summed E-state index contributed by atoms with van der Waals surface area (Å²) in [5.41, 5.74) is 9.61. The predicted octanol–water partition coefficient (Wildman–Crippen LogP) is 3.20. The average Bonchev–Trinajstić information content (AvgIpc) is 2.43. The summed E-state index contributed by atoms with van der Waals surface area (Å²) in [6.45, 7) is 1.94. The van der Waals surface area contributed by atoms with Gasteiger partial charge in [0.05, 0.1) is 13.2 Å². The van der Waals surface area contributed by atoms with E-state index in [0.29, 0.717) is 0 Å². The molecule has 0 aliphatic carbocycles. The van der Waals surface area contributed by atoms with Crippen molar-refractivity contribution in [2.45, 2.75) is 18.9 Å². The van der Waals surface area contributed by atoms with Crippen molar-refractivity contribution in [1.29, 1.82) is 0 Å². The second-order valence-corrected chi connectivity index (χ2v) is 3.78. The minimum Gasteiger partial charge on any atom is -0.466 e. The molecule has 18 heavy (non-hydrogen) atoms. The molecule has 0 saturated carbocycles. The van der Waals surface area contributed by atoms with E-state index in [1.54, 1.807) is 6.08 Å². The van der Waals surface area contributed by atoms with Crippen LogP contribution in [0.1, 0.15) is 18.4 Å². The third-order valence-electron chi connectivity index (χ3n) is 2.65. The molecule has 0 heterocycles. The summed E-state index contributed by atoms with van der Waals surface area (Å²) in [6, 6.07) is 9.25. The second-order valence-electron chi connectivity index (χ2n) is 3.78. The standard InChI is InChI=1S/C13H15N3O2/c1-10(11-6-4-3-5-7-11)12(15-16-14)8-9-13(17)18-2/h3-10,12H,1-2H3/b9-8+/t10-,12+/m1/s1. The van der Waals surface area contributed by atoms with Gasteiger partial charge in [0.25, 0.3) is 0 Å². The largest absolute Gasteiger partial charge is 0.466 e. The highest BCUT2D eigenvalue weighted by Crippen LogP contribution is 2.22. The first-order chi connectivity index (χ1) is 8.69. The van der Waals surface area contributed by atoms with Gasteiger partial charge in [-0.2, -0.15) is 0 Å². The van der Waals surface area contributed by atoms with Crippen LogP contribution >= 0.6 is 0 Å². The first-order valence-electron chi connectivity index (χ1n) is 5.54. The van der Waals surface area contributed by atoms with Crippen LogP contribution in [0, 0.1) is 0 Å². The van der Waals surface area contributed by atoms with Gasteiger partial charge in [0.1, 0.15) is 0 Å². The SMILES string of the molecule is COC(=O)/C=C/[C@H](N=[N+]=[N-])[C@H](C)c1ccccc1. The number of hydrogen-bond donors (Lipinski definition) is 0. The Bertz CT molecular complexity index is 464. The predicted molar refractivity (Wildman–Crippen MR) is 68.9 cm³/mol. The quantitative estimate of drug-likeness (QED) is 0.262. The van der Waals surface area contributed by atoms with Gasteiger partial charge in [0, 0.05) is 11.0 Å². The summed E-state index contributed by atoms with van der Waals surface area (Å²) in [6.07, 6.45) is 2.84. The molecule has 5 heteroatoms. The summed E-state index contributed by atoms with van der Waals surface area (Å²) in [5.74, 6) is -0.476. The topological polar surface area (TPSA) is 75.1 Å². The zero-order valence-electron chi connectivity index (χ0n) is 10.4. The van der Waals surface area contributed by atoms with E-state index in [9.17, 15) is 4.79 Å². The molecule has 1 rings (SSSR count). The number of hydrogen-bond acceptors (Lipinski definition) is 3. The highest BCUT2D eigenvalue weighted by atomic mass is 16.5. The maximum atomic E-state index is 11.0. The van der Waals surface area contributed by atoms with E-state index in [2.05, 4.69) is 14.8 Å². The van der Waals surface area contributed by atoms with Crippen molar-refractivity contribution in [2.75, 3.05) is 7.11 Å². The van der Waals surface area contributed by atoms with Gasteiger partial charge in [-0.1, -0.05) is 48.4 Å². The number of azide groups is 1. The maximum Gasteiger partial charge on any atom is 0.330 e. The van der Waals surface area contributed by atoms with E-state index < -0.39 is 12.0 Å². The minimum absolute atomic E-state index is 0.0111. The number of rotatable bonds is 5. The first-order valence-corrected chi connectivity index (χ1v) is 5.54. The Morgan fingerprint density at radius 3 is 2.67 bits per heavy atom. The van der Waals surface area contributed by atoms with Crippen LogP contribution in [0.25, 0.3) is 10.4 Å². The number of benzene rings is 1. The Hall–Kier alpha value is -2.26. The molecular formula is C13H15N3O2. The van der Waals surface area contributed by atoms with Crippen LogP contribution in [0.4, 0.5) is 0 Å². The van der Waals surface area contributed by atoms with Crippen molar-refractivity contribution in [3.05, 3.63) is 58.5 Å². The van der Waals surface area contributed by atoms with Crippen molar-refractivity contribution < 1.29 is 9.53 Å². The fraction of sp³-hybridized carbons (Fsp3) is 0.308. The molecule has 1 aromatic carbocycles. The van der Waals surface area contributed by atoms with Gasteiger partial charge in [0.2, 0.25) is 0 Å². The van der Waals surface area contributed by atoms with Crippen LogP contribution in [0.5, 0.6) is 0 Å². The van der Waals surface area contributed by atoms with E-state index in [1.807, 2.05) is 37.3 Å². The van der Waals surface area contributed by atoms with E-state index in [-0.39, 0.29) is 5.92 Å². The fourth-order valence-electron chi connectivity index (χ4n) is 1.56. The molecule has 0 amide bonds. The van der Waals surface area contributed by atoms with Gasteiger partial charge < -0.3 is 4.74 Å². The van der Waals surface area contributed by atoms with Crippen molar-refractivity contribution in [1.82, 2.24) is 0 Å². The molecule has 0 aromatic heterocycles. The summed E-state index contributed by atoms with van der Waals surface area (Å²) in [5, 5.41) is 3.69. The Kier molecular flexibility index (Phi) is 5.48. The monoisotopic (exact) mass is 245 g/mol. The molecule has 0 N–H and O–H groups in total. The molecule has 0 spiro atoms. The number of ether oxygens (including phenoxy) is 1. The molecule has 0 fully saturated rings. The zero-order chi connectivity index (χ0) is 13.4. The zero-order valence-corrected chi connectivity index (χ0v) is 10.4. The lowest BCUT2D eigenvalue weighted by Gasteiger charge is -2.16. The summed E-state index contributed by atoms with van der Waals surface area (Å²) >= 11 is 0. The molecule has 2 atom stereocenters. The number of methoxy groups -OCH3 is 1.